The molecular formula is C19H26N4O4. The van der Waals surface area contributed by atoms with E-state index in [0.717, 1.165) is 5.56 Å². The number of nitrogens with zero attached hydrogens (tertiary/aromatic N) is 2. The second-order valence-electron chi connectivity index (χ2n) is 7.11. The van der Waals surface area contributed by atoms with Gasteiger partial charge in [-0.1, -0.05) is 30.3 Å². The van der Waals surface area contributed by atoms with Gasteiger partial charge in [0.15, 0.2) is 0 Å². The van der Waals surface area contributed by atoms with Gasteiger partial charge in [-0.15, -0.1) is 0 Å². The fourth-order valence-electron chi connectivity index (χ4n) is 3.54. The van der Waals surface area contributed by atoms with Crippen LogP contribution in [0, 0.1) is 0 Å². The minimum absolute atomic E-state index is 0.0830. The molecule has 1 aromatic heterocycles. The van der Waals surface area contributed by atoms with Gasteiger partial charge < -0.3 is 15.2 Å². The van der Waals surface area contributed by atoms with Crippen LogP contribution in [0.3, 0.4) is 0 Å². The average molecular weight is 374 g/mol. The van der Waals surface area contributed by atoms with E-state index in [0.29, 0.717) is 19.8 Å². The summed E-state index contributed by atoms with van der Waals surface area (Å²) in [5.41, 5.74) is 0.300. The number of amides is 1. The van der Waals surface area contributed by atoms with Crippen molar-refractivity contribution in [3.63, 3.8) is 0 Å². The van der Waals surface area contributed by atoms with Crippen molar-refractivity contribution < 1.29 is 14.6 Å². The number of aliphatic hydroxyl groups is 1. The van der Waals surface area contributed by atoms with Crippen LogP contribution in [0.2, 0.25) is 0 Å². The molecule has 2 atom stereocenters. The molecule has 2 aromatic rings. The Morgan fingerprint density at radius 1 is 1.41 bits per heavy atom. The Bertz CT molecular complexity index is 832. The highest BCUT2D eigenvalue weighted by atomic mass is 16.5. The van der Waals surface area contributed by atoms with Gasteiger partial charge in [-0.3, -0.25) is 24.3 Å². The highest BCUT2D eigenvalue weighted by Crippen LogP contribution is 2.26. The van der Waals surface area contributed by atoms with Gasteiger partial charge in [0.2, 0.25) is 0 Å². The molecule has 0 unspecified atom stereocenters. The lowest BCUT2D eigenvalue weighted by molar-refractivity contribution is -0.121. The first-order chi connectivity index (χ1) is 12.9. The number of morpholine rings is 1. The number of nitrogens with one attached hydrogen (secondary N) is 2. The molecule has 0 radical (unpaired) electrons. The monoisotopic (exact) mass is 374 g/mol. The quantitative estimate of drug-likeness (QED) is 0.666. The first-order valence-electron chi connectivity index (χ1n) is 8.99. The Labute approximate surface area is 157 Å². The SMILES string of the molecule is C[C@@H]1COC[C@@](CO)(CNC(=O)c2cc(=O)[nH]n2C)N1Cc1ccccc1. The van der Waals surface area contributed by atoms with Gasteiger partial charge >= 0.3 is 0 Å². The number of hydrogen-bond donors (Lipinski definition) is 3. The Balaban J connectivity index is 1.78. The molecule has 1 fully saturated rings. The largest absolute Gasteiger partial charge is 0.394 e. The number of carbonyl (C=O) groups excluding carboxylic acids is 1. The zero-order chi connectivity index (χ0) is 19.4. The van der Waals surface area contributed by atoms with Gasteiger partial charge in [0, 0.05) is 32.2 Å². The minimum Gasteiger partial charge on any atom is -0.394 e. The molecular weight excluding hydrogens is 348 g/mol. The van der Waals surface area contributed by atoms with Crippen molar-refractivity contribution in [2.75, 3.05) is 26.4 Å². The Morgan fingerprint density at radius 2 is 2.15 bits per heavy atom. The van der Waals surface area contributed by atoms with Crippen molar-refractivity contribution in [3.8, 4) is 0 Å². The van der Waals surface area contributed by atoms with Crippen LogP contribution in [0.15, 0.2) is 41.2 Å². The summed E-state index contributed by atoms with van der Waals surface area (Å²) in [5.74, 6) is -0.374. The second kappa shape index (κ2) is 8.08. The summed E-state index contributed by atoms with van der Waals surface area (Å²) in [6.07, 6.45) is 0. The van der Waals surface area contributed by atoms with Gasteiger partial charge in [0.1, 0.15) is 5.69 Å². The number of hydrogen-bond acceptors (Lipinski definition) is 5. The molecule has 0 bridgehead atoms. The second-order valence-corrected chi connectivity index (χ2v) is 7.11. The van der Waals surface area contributed by atoms with E-state index >= 15 is 0 Å². The van der Waals surface area contributed by atoms with E-state index in [4.69, 9.17) is 4.74 Å². The molecule has 8 heteroatoms. The molecule has 1 amide bonds. The van der Waals surface area contributed by atoms with Crippen LogP contribution >= 0.6 is 0 Å². The van der Waals surface area contributed by atoms with Crippen LogP contribution in [0.5, 0.6) is 0 Å². The third-order valence-electron chi connectivity index (χ3n) is 5.08. The van der Waals surface area contributed by atoms with E-state index in [9.17, 15) is 14.7 Å². The lowest BCUT2D eigenvalue weighted by Gasteiger charge is -2.49. The van der Waals surface area contributed by atoms with E-state index in [1.807, 2.05) is 37.3 Å². The van der Waals surface area contributed by atoms with Gasteiger partial charge in [0.05, 0.1) is 25.4 Å². The topological polar surface area (TPSA) is 99.6 Å². The maximum atomic E-state index is 12.5. The fourth-order valence-corrected chi connectivity index (χ4v) is 3.54. The Hall–Kier alpha value is -2.42. The Morgan fingerprint density at radius 3 is 2.78 bits per heavy atom. The number of ether oxygens (including phenoxy) is 1. The number of aryl methyl sites for hydroxylation is 1. The zero-order valence-electron chi connectivity index (χ0n) is 15.6. The van der Waals surface area contributed by atoms with Crippen LogP contribution in [-0.4, -0.2) is 63.6 Å². The third kappa shape index (κ3) is 4.13. The van der Waals surface area contributed by atoms with E-state index in [-0.39, 0.29) is 36.4 Å². The standard InChI is InChI=1S/C19H26N4O4/c1-14-10-27-13-19(12-24,23(14)9-15-6-4-3-5-7-15)11-20-18(26)16-8-17(25)21-22(16)2/h3-8,14,24H,9-13H2,1-2H3,(H,20,26)(H,21,25)/t14-,19+/m1/s1. The normalized spacial score (nSPS) is 23.3. The van der Waals surface area contributed by atoms with Crippen molar-refractivity contribution in [1.82, 2.24) is 20.0 Å². The van der Waals surface area contributed by atoms with E-state index in [1.165, 1.54) is 10.7 Å². The molecule has 0 aliphatic carbocycles. The number of H-pyrrole nitrogens is 1. The van der Waals surface area contributed by atoms with E-state index in [1.54, 1.807) is 7.05 Å². The number of carbonyl (C=O) groups is 1. The number of rotatable bonds is 6. The van der Waals surface area contributed by atoms with Crippen LogP contribution in [0.4, 0.5) is 0 Å². The molecule has 3 N–H and O–H groups in total. The highest BCUT2D eigenvalue weighted by molar-refractivity contribution is 5.92. The predicted molar refractivity (Wildman–Crippen MR) is 100 cm³/mol. The van der Waals surface area contributed by atoms with Crippen LogP contribution < -0.4 is 10.9 Å². The number of aromatic nitrogens is 2. The summed E-state index contributed by atoms with van der Waals surface area (Å²) in [7, 11) is 1.60. The summed E-state index contributed by atoms with van der Waals surface area (Å²) >= 11 is 0. The molecule has 0 saturated carbocycles. The summed E-state index contributed by atoms with van der Waals surface area (Å²) in [6.45, 7) is 3.62. The smallest absolute Gasteiger partial charge is 0.269 e. The number of aromatic amines is 1. The summed E-state index contributed by atoms with van der Waals surface area (Å²) in [6, 6.07) is 11.3. The molecule has 1 aliphatic rings. The number of aliphatic hydroxyl groups excluding tert-OH is 1. The van der Waals surface area contributed by atoms with Crippen molar-refractivity contribution in [2.24, 2.45) is 7.05 Å². The first-order valence-corrected chi connectivity index (χ1v) is 8.99. The molecule has 8 nitrogen and oxygen atoms in total. The zero-order valence-corrected chi connectivity index (χ0v) is 15.6. The predicted octanol–water partition coefficient (Wildman–Crippen LogP) is 0.0952. The lowest BCUT2D eigenvalue weighted by Crippen LogP contribution is -2.66. The third-order valence-corrected chi connectivity index (χ3v) is 5.08. The van der Waals surface area contributed by atoms with Crippen molar-refractivity contribution in [2.45, 2.75) is 25.0 Å². The molecule has 3 rings (SSSR count). The van der Waals surface area contributed by atoms with Crippen molar-refractivity contribution >= 4 is 5.91 Å². The Kier molecular flexibility index (Phi) is 5.79. The molecule has 1 aliphatic heterocycles. The van der Waals surface area contributed by atoms with Crippen molar-refractivity contribution in [1.29, 1.82) is 0 Å². The molecule has 146 valence electrons. The van der Waals surface area contributed by atoms with E-state index < -0.39 is 5.54 Å². The fraction of sp³-hybridized carbons (Fsp3) is 0.474. The molecule has 0 spiro atoms. The molecule has 2 heterocycles. The van der Waals surface area contributed by atoms with Gasteiger partial charge in [-0.2, -0.15) is 0 Å². The van der Waals surface area contributed by atoms with E-state index in [2.05, 4.69) is 15.3 Å². The minimum atomic E-state index is -0.738. The van der Waals surface area contributed by atoms with Gasteiger partial charge in [0.25, 0.3) is 11.5 Å². The molecule has 27 heavy (non-hydrogen) atoms. The molecule has 1 aromatic carbocycles. The average Bonchev–Trinajstić information content (AvgIpc) is 3.01. The maximum absolute atomic E-state index is 12.5. The van der Waals surface area contributed by atoms with Crippen LogP contribution in [0.25, 0.3) is 0 Å². The van der Waals surface area contributed by atoms with Crippen LogP contribution in [-0.2, 0) is 18.3 Å². The van der Waals surface area contributed by atoms with Crippen molar-refractivity contribution in [3.05, 3.63) is 58.0 Å². The first kappa shape index (κ1) is 19.3. The van der Waals surface area contributed by atoms with Gasteiger partial charge in [-0.25, -0.2) is 0 Å². The summed E-state index contributed by atoms with van der Waals surface area (Å²) in [4.78, 5) is 26.1. The summed E-state index contributed by atoms with van der Waals surface area (Å²) in [5, 5.41) is 15.6. The summed E-state index contributed by atoms with van der Waals surface area (Å²) < 4.78 is 7.09. The van der Waals surface area contributed by atoms with Gasteiger partial charge in [-0.05, 0) is 12.5 Å². The van der Waals surface area contributed by atoms with Crippen LogP contribution in [0.1, 0.15) is 23.0 Å². The lowest BCUT2D eigenvalue weighted by atomic mass is 9.94. The number of benzene rings is 1. The maximum Gasteiger partial charge on any atom is 0.269 e. The molecule has 1 saturated heterocycles. The highest BCUT2D eigenvalue weighted by Gasteiger charge is 2.43.